The van der Waals surface area contributed by atoms with Crippen molar-refractivity contribution in [2.24, 2.45) is 0 Å². The minimum atomic E-state index is -0.0544. The molecule has 2 aromatic heterocycles. The summed E-state index contributed by atoms with van der Waals surface area (Å²) in [6.07, 6.45) is 1.86. The van der Waals surface area contributed by atoms with Crippen molar-refractivity contribution >= 4 is 34.2 Å². The molecule has 0 spiro atoms. The van der Waals surface area contributed by atoms with E-state index < -0.39 is 0 Å². The number of Topliss-reactive ketones (excluding diaryl/α,β-unsaturated/α-hetero) is 1. The van der Waals surface area contributed by atoms with Crippen LogP contribution in [0.15, 0.2) is 58.5 Å². The number of fused-ring (bicyclic) bond motifs is 3. The minimum absolute atomic E-state index is 0.0374. The SMILES string of the molecule is CCCCn1c(=O)c2ccccc2n2c(SCC(=O)c3ccc(C)cc3)nnc12. The second-order valence-electron chi connectivity index (χ2n) is 7.02. The van der Waals surface area contributed by atoms with Gasteiger partial charge in [-0.15, -0.1) is 10.2 Å². The first-order chi connectivity index (χ1) is 14.1. The van der Waals surface area contributed by atoms with Crippen LogP contribution in [0.25, 0.3) is 16.7 Å². The third-order valence-electron chi connectivity index (χ3n) is 4.92. The molecular weight excluding hydrogens is 384 g/mol. The van der Waals surface area contributed by atoms with Gasteiger partial charge in [-0.05, 0) is 25.5 Å². The van der Waals surface area contributed by atoms with Crippen molar-refractivity contribution in [1.29, 1.82) is 0 Å². The van der Waals surface area contributed by atoms with Crippen molar-refractivity contribution in [2.75, 3.05) is 5.75 Å². The van der Waals surface area contributed by atoms with Crippen LogP contribution in [0.5, 0.6) is 0 Å². The van der Waals surface area contributed by atoms with E-state index in [0.29, 0.717) is 28.4 Å². The van der Waals surface area contributed by atoms with Crippen molar-refractivity contribution in [3.8, 4) is 0 Å². The molecule has 0 bridgehead atoms. The van der Waals surface area contributed by atoms with Crippen LogP contribution < -0.4 is 5.56 Å². The van der Waals surface area contributed by atoms with Crippen LogP contribution in [0, 0.1) is 6.92 Å². The van der Waals surface area contributed by atoms with Gasteiger partial charge < -0.3 is 0 Å². The predicted octanol–water partition coefficient (Wildman–Crippen LogP) is 4.13. The van der Waals surface area contributed by atoms with E-state index in [0.717, 1.165) is 23.9 Å². The monoisotopic (exact) mass is 406 g/mol. The van der Waals surface area contributed by atoms with Crippen LogP contribution in [0.1, 0.15) is 35.7 Å². The lowest BCUT2D eigenvalue weighted by Crippen LogP contribution is -2.23. The molecule has 0 unspecified atom stereocenters. The first kappa shape index (κ1) is 19.4. The van der Waals surface area contributed by atoms with Crippen molar-refractivity contribution < 1.29 is 4.79 Å². The molecule has 2 heterocycles. The van der Waals surface area contributed by atoms with Gasteiger partial charge in [-0.1, -0.05) is 67.1 Å². The second-order valence-corrected chi connectivity index (χ2v) is 7.97. The molecule has 0 N–H and O–H groups in total. The normalized spacial score (nSPS) is 11.4. The number of carbonyl (C=O) groups excluding carboxylic acids is 1. The van der Waals surface area contributed by atoms with Gasteiger partial charge in [0.25, 0.3) is 5.56 Å². The fourth-order valence-electron chi connectivity index (χ4n) is 3.30. The molecule has 0 saturated heterocycles. The molecule has 0 amide bonds. The number of aromatic nitrogens is 4. The fourth-order valence-corrected chi connectivity index (χ4v) is 4.13. The molecule has 0 atom stereocenters. The first-order valence-corrected chi connectivity index (χ1v) is 10.7. The molecule has 2 aromatic carbocycles. The summed E-state index contributed by atoms with van der Waals surface area (Å²) in [6, 6.07) is 15.0. The first-order valence-electron chi connectivity index (χ1n) is 9.69. The van der Waals surface area contributed by atoms with E-state index in [1.807, 2.05) is 59.9 Å². The van der Waals surface area contributed by atoms with Crippen molar-refractivity contribution in [2.45, 2.75) is 38.4 Å². The Hall–Kier alpha value is -2.93. The van der Waals surface area contributed by atoms with Gasteiger partial charge in [0.1, 0.15) is 0 Å². The smallest absolute Gasteiger partial charge is 0.262 e. The number of unbranched alkanes of at least 4 members (excludes halogenated alkanes) is 1. The summed E-state index contributed by atoms with van der Waals surface area (Å²) in [5.41, 5.74) is 2.51. The molecule has 0 fully saturated rings. The van der Waals surface area contributed by atoms with Gasteiger partial charge in [0, 0.05) is 12.1 Å². The van der Waals surface area contributed by atoms with Crippen molar-refractivity contribution in [3.05, 3.63) is 70.0 Å². The lowest BCUT2D eigenvalue weighted by Gasteiger charge is -2.10. The molecule has 4 rings (SSSR count). The van der Waals surface area contributed by atoms with Gasteiger partial charge in [-0.3, -0.25) is 18.6 Å². The molecule has 4 aromatic rings. The van der Waals surface area contributed by atoms with Gasteiger partial charge in [-0.2, -0.15) is 0 Å². The zero-order valence-corrected chi connectivity index (χ0v) is 17.3. The van der Waals surface area contributed by atoms with Crippen LogP contribution in [0.3, 0.4) is 0 Å². The number of nitrogens with zero attached hydrogens (tertiary/aromatic N) is 4. The predicted molar refractivity (Wildman–Crippen MR) is 116 cm³/mol. The summed E-state index contributed by atoms with van der Waals surface area (Å²) < 4.78 is 3.57. The van der Waals surface area contributed by atoms with Crippen LogP contribution in [0.4, 0.5) is 0 Å². The Morgan fingerprint density at radius 1 is 1.07 bits per heavy atom. The number of aryl methyl sites for hydroxylation is 2. The van der Waals surface area contributed by atoms with Gasteiger partial charge in [0.2, 0.25) is 5.78 Å². The van der Waals surface area contributed by atoms with E-state index in [2.05, 4.69) is 17.1 Å². The van der Waals surface area contributed by atoms with Crippen molar-refractivity contribution in [1.82, 2.24) is 19.2 Å². The molecule has 0 aliphatic carbocycles. The third kappa shape index (κ3) is 3.70. The average Bonchev–Trinajstić information content (AvgIpc) is 3.16. The van der Waals surface area contributed by atoms with E-state index in [1.165, 1.54) is 11.8 Å². The Balaban J connectivity index is 1.74. The second kappa shape index (κ2) is 8.21. The highest BCUT2D eigenvalue weighted by Gasteiger charge is 2.17. The number of hydrogen-bond donors (Lipinski definition) is 0. The number of benzene rings is 2. The van der Waals surface area contributed by atoms with E-state index in [4.69, 9.17) is 0 Å². The quantitative estimate of drug-likeness (QED) is 0.341. The number of thioether (sulfide) groups is 1. The summed E-state index contributed by atoms with van der Waals surface area (Å²) in [7, 11) is 0. The third-order valence-corrected chi connectivity index (χ3v) is 5.85. The van der Waals surface area contributed by atoms with Gasteiger partial charge in [-0.25, -0.2) is 0 Å². The Labute approximate surface area is 172 Å². The highest BCUT2D eigenvalue weighted by atomic mass is 32.2. The summed E-state index contributed by atoms with van der Waals surface area (Å²) in [5.74, 6) is 0.814. The number of hydrogen-bond acceptors (Lipinski definition) is 5. The number of ketones is 1. The molecule has 7 heteroatoms. The summed E-state index contributed by atoms with van der Waals surface area (Å²) in [5, 5.41) is 9.83. The van der Waals surface area contributed by atoms with Crippen LogP contribution in [-0.2, 0) is 6.54 Å². The highest BCUT2D eigenvalue weighted by molar-refractivity contribution is 7.99. The van der Waals surface area contributed by atoms with Crippen LogP contribution in [0.2, 0.25) is 0 Å². The number of para-hydroxylation sites is 1. The maximum Gasteiger partial charge on any atom is 0.262 e. The van der Waals surface area contributed by atoms with E-state index in [-0.39, 0.29) is 17.1 Å². The van der Waals surface area contributed by atoms with Gasteiger partial charge in [0.15, 0.2) is 10.9 Å². The molecule has 0 radical (unpaired) electrons. The van der Waals surface area contributed by atoms with Gasteiger partial charge >= 0.3 is 0 Å². The standard InChI is InChI=1S/C22H22N4O2S/c1-3-4-13-25-20(28)17-7-5-6-8-18(17)26-21(25)23-24-22(26)29-14-19(27)16-11-9-15(2)10-12-16/h5-12H,3-4,13-14H2,1-2H3. The molecule has 0 aliphatic rings. The number of rotatable bonds is 7. The van der Waals surface area contributed by atoms with E-state index in [1.54, 1.807) is 4.57 Å². The topological polar surface area (TPSA) is 69.3 Å². The van der Waals surface area contributed by atoms with Gasteiger partial charge in [0.05, 0.1) is 16.7 Å². The van der Waals surface area contributed by atoms with Crippen LogP contribution in [-0.4, -0.2) is 30.7 Å². The lowest BCUT2D eigenvalue weighted by molar-refractivity contribution is 0.102. The van der Waals surface area contributed by atoms with Crippen molar-refractivity contribution in [3.63, 3.8) is 0 Å². The Bertz CT molecular complexity index is 1240. The van der Waals surface area contributed by atoms with E-state index >= 15 is 0 Å². The van der Waals surface area contributed by atoms with Crippen LogP contribution >= 0.6 is 11.8 Å². The highest BCUT2D eigenvalue weighted by Crippen LogP contribution is 2.22. The van der Waals surface area contributed by atoms with E-state index in [9.17, 15) is 9.59 Å². The molecular formula is C22H22N4O2S. The zero-order valence-electron chi connectivity index (χ0n) is 16.5. The molecule has 29 heavy (non-hydrogen) atoms. The maximum absolute atomic E-state index is 13.0. The summed E-state index contributed by atoms with van der Waals surface area (Å²) in [4.78, 5) is 25.5. The molecule has 0 saturated carbocycles. The average molecular weight is 407 g/mol. The lowest BCUT2D eigenvalue weighted by atomic mass is 10.1. The Kier molecular flexibility index (Phi) is 5.49. The molecule has 0 aliphatic heterocycles. The number of carbonyl (C=O) groups is 1. The molecule has 6 nitrogen and oxygen atoms in total. The maximum atomic E-state index is 13.0. The molecule has 148 valence electrons. The zero-order chi connectivity index (χ0) is 20.4. The largest absolute Gasteiger partial charge is 0.293 e. The minimum Gasteiger partial charge on any atom is -0.293 e. The summed E-state index contributed by atoms with van der Waals surface area (Å²) >= 11 is 1.34. The Morgan fingerprint density at radius 3 is 2.59 bits per heavy atom. The fraction of sp³-hybridized carbons (Fsp3) is 0.273. The summed E-state index contributed by atoms with van der Waals surface area (Å²) in [6.45, 7) is 4.67. The Morgan fingerprint density at radius 2 is 1.83 bits per heavy atom.